The number of aliphatic carboxylic acids is 1. The summed E-state index contributed by atoms with van der Waals surface area (Å²) >= 11 is 6.23. The summed E-state index contributed by atoms with van der Waals surface area (Å²) in [5.41, 5.74) is 1.13. The number of nitro benzene ring substituents is 1. The van der Waals surface area contributed by atoms with Crippen LogP contribution in [0.25, 0.3) is 6.08 Å². The normalized spacial score (nSPS) is 16.4. The van der Waals surface area contributed by atoms with E-state index in [0.29, 0.717) is 5.56 Å². The zero-order chi connectivity index (χ0) is 20.3. The van der Waals surface area contributed by atoms with E-state index in [1.54, 1.807) is 30.3 Å². The lowest BCUT2D eigenvalue weighted by molar-refractivity contribution is -0.384. The van der Waals surface area contributed by atoms with E-state index in [9.17, 15) is 24.8 Å². The molecule has 2 aromatic rings. The van der Waals surface area contributed by atoms with Gasteiger partial charge >= 0.3 is 5.97 Å². The van der Waals surface area contributed by atoms with Gasteiger partial charge in [0.2, 0.25) is 0 Å². The number of carbonyl (C=O) groups excluding carboxylic acids is 1. The summed E-state index contributed by atoms with van der Waals surface area (Å²) in [5.74, 6) is -1.68. The first-order valence-corrected chi connectivity index (χ1v) is 9.37. The molecule has 0 spiro atoms. The smallest absolute Gasteiger partial charge is 0.327 e. The summed E-state index contributed by atoms with van der Waals surface area (Å²) < 4.78 is 0.144. The van der Waals surface area contributed by atoms with Gasteiger partial charge in [-0.15, -0.1) is 0 Å². The number of nitrogens with zero attached hydrogens (tertiary/aromatic N) is 2. The fraction of sp³-hybridized carbons (Fsp3) is 0.105. The Kier molecular flexibility index (Phi) is 5.86. The molecular formula is C19H14N2O5S2. The van der Waals surface area contributed by atoms with Crippen LogP contribution in [0.4, 0.5) is 5.69 Å². The number of benzene rings is 2. The molecule has 0 saturated carbocycles. The zero-order valence-electron chi connectivity index (χ0n) is 14.3. The van der Waals surface area contributed by atoms with Crippen LogP contribution in [-0.2, 0) is 16.0 Å². The molecule has 3 rings (SSSR count). The van der Waals surface area contributed by atoms with Crippen molar-refractivity contribution >= 4 is 51.9 Å². The van der Waals surface area contributed by atoms with E-state index in [4.69, 9.17) is 12.2 Å². The molecule has 1 fully saturated rings. The highest BCUT2D eigenvalue weighted by molar-refractivity contribution is 8.26. The highest BCUT2D eigenvalue weighted by atomic mass is 32.2. The van der Waals surface area contributed by atoms with E-state index in [1.165, 1.54) is 24.3 Å². The fourth-order valence-corrected chi connectivity index (χ4v) is 4.11. The van der Waals surface area contributed by atoms with Crippen LogP contribution >= 0.6 is 24.0 Å². The molecule has 1 saturated heterocycles. The van der Waals surface area contributed by atoms with Crippen LogP contribution in [0.15, 0.2) is 59.5 Å². The van der Waals surface area contributed by atoms with E-state index >= 15 is 0 Å². The number of thiocarbonyl (C=S) groups is 1. The molecule has 28 heavy (non-hydrogen) atoms. The number of carbonyl (C=O) groups is 2. The van der Waals surface area contributed by atoms with Gasteiger partial charge in [-0.3, -0.25) is 19.8 Å². The minimum Gasteiger partial charge on any atom is -0.480 e. The third kappa shape index (κ3) is 4.26. The summed E-state index contributed by atoms with van der Waals surface area (Å²) in [6.45, 7) is 0. The molecule has 0 aromatic heterocycles. The first kappa shape index (κ1) is 19.7. The molecule has 1 N–H and O–H groups in total. The number of amides is 1. The maximum atomic E-state index is 12.8. The Morgan fingerprint density at radius 3 is 2.61 bits per heavy atom. The number of carboxylic acids is 1. The minimum atomic E-state index is -1.16. The Bertz CT molecular complexity index is 991. The molecule has 1 heterocycles. The molecule has 7 nitrogen and oxygen atoms in total. The first-order chi connectivity index (χ1) is 13.4. The van der Waals surface area contributed by atoms with Crippen molar-refractivity contribution in [3.63, 3.8) is 0 Å². The second kappa shape index (κ2) is 8.32. The highest BCUT2D eigenvalue weighted by Crippen LogP contribution is 2.35. The monoisotopic (exact) mass is 414 g/mol. The average Bonchev–Trinajstić information content (AvgIpc) is 2.94. The molecule has 1 aliphatic heterocycles. The van der Waals surface area contributed by atoms with Gasteiger partial charge in [0.25, 0.3) is 11.6 Å². The van der Waals surface area contributed by atoms with E-state index in [-0.39, 0.29) is 21.3 Å². The highest BCUT2D eigenvalue weighted by Gasteiger charge is 2.40. The van der Waals surface area contributed by atoms with Crippen molar-refractivity contribution in [2.24, 2.45) is 0 Å². The van der Waals surface area contributed by atoms with Crippen molar-refractivity contribution in [3.05, 3.63) is 80.7 Å². The van der Waals surface area contributed by atoms with Crippen molar-refractivity contribution in [2.45, 2.75) is 12.5 Å². The quantitative estimate of drug-likeness (QED) is 0.334. The van der Waals surface area contributed by atoms with E-state index in [2.05, 4.69) is 0 Å². The summed E-state index contributed by atoms with van der Waals surface area (Å²) in [7, 11) is 0. The molecule has 1 amide bonds. The second-order valence-corrected chi connectivity index (χ2v) is 7.62. The first-order valence-electron chi connectivity index (χ1n) is 8.15. The molecule has 0 bridgehead atoms. The summed E-state index contributed by atoms with van der Waals surface area (Å²) in [6, 6.07) is 13.7. The standard InChI is InChI=1S/C19H14N2O5S2/c22-17-16(11-13-7-4-8-14(9-13)21(25)26)28-19(27)20(17)15(18(23)24)10-12-5-2-1-3-6-12/h1-9,11,15H,10H2,(H,23,24)/b16-11+. The third-order valence-corrected chi connectivity index (χ3v) is 5.40. The molecule has 1 aliphatic rings. The Labute approximate surface area is 169 Å². The third-order valence-electron chi connectivity index (χ3n) is 4.07. The molecule has 1 unspecified atom stereocenters. The average molecular weight is 414 g/mol. The van der Waals surface area contributed by atoms with Gasteiger partial charge in [0.15, 0.2) is 0 Å². The molecule has 0 radical (unpaired) electrons. The van der Waals surface area contributed by atoms with E-state index < -0.39 is 22.8 Å². The lowest BCUT2D eigenvalue weighted by atomic mass is 10.0. The number of hydrogen-bond acceptors (Lipinski definition) is 6. The number of nitro groups is 1. The predicted octanol–water partition coefficient (Wildman–Crippen LogP) is 3.49. The van der Waals surface area contributed by atoms with Crippen molar-refractivity contribution in [2.75, 3.05) is 0 Å². The summed E-state index contributed by atoms with van der Waals surface area (Å²) in [4.78, 5) is 36.3. The molecule has 0 aliphatic carbocycles. The lowest BCUT2D eigenvalue weighted by Gasteiger charge is -2.23. The molecule has 2 aromatic carbocycles. The predicted molar refractivity (Wildman–Crippen MR) is 110 cm³/mol. The Morgan fingerprint density at radius 2 is 1.96 bits per heavy atom. The van der Waals surface area contributed by atoms with Crippen molar-refractivity contribution in [1.29, 1.82) is 0 Å². The zero-order valence-corrected chi connectivity index (χ0v) is 16.0. The number of thioether (sulfide) groups is 1. The molecule has 9 heteroatoms. The van der Waals surface area contributed by atoms with Crippen LogP contribution in [0.2, 0.25) is 0 Å². The molecular weight excluding hydrogens is 400 g/mol. The van der Waals surface area contributed by atoms with E-state index in [0.717, 1.165) is 22.2 Å². The van der Waals surface area contributed by atoms with Crippen LogP contribution in [0.5, 0.6) is 0 Å². The van der Waals surface area contributed by atoms with Gasteiger partial charge in [-0.05, 0) is 17.2 Å². The summed E-state index contributed by atoms with van der Waals surface area (Å²) in [5, 5.41) is 20.6. The second-order valence-electron chi connectivity index (χ2n) is 5.95. The maximum absolute atomic E-state index is 12.8. The molecule has 1 atom stereocenters. The van der Waals surface area contributed by atoms with Gasteiger partial charge in [-0.2, -0.15) is 0 Å². The van der Waals surface area contributed by atoms with Crippen molar-refractivity contribution in [1.82, 2.24) is 4.90 Å². The number of non-ortho nitro benzene ring substituents is 1. The lowest BCUT2D eigenvalue weighted by Crippen LogP contribution is -2.45. The summed E-state index contributed by atoms with van der Waals surface area (Å²) in [6.07, 6.45) is 1.60. The van der Waals surface area contributed by atoms with Crippen LogP contribution in [-0.4, -0.2) is 37.2 Å². The van der Waals surface area contributed by atoms with Crippen molar-refractivity contribution in [3.8, 4) is 0 Å². The Morgan fingerprint density at radius 1 is 1.25 bits per heavy atom. The van der Waals surface area contributed by atoms with Gasteiger partial charge in [-0.1, -0.05) is 66.4 Å². The number of hydrogen-bond donors (Lipinski definition) is 1. The molecule has 142 valence electrons. The van der Waals surface area contributed by atoms with E-state index in [1.807, 2.05) is 6.07 Å². The fourth-order valence-electron chi connectivity index (χ4n) is 2.75. The Hall–Kier alpha value is -3.04. The van der Waals surface area contributed by atoms with Gasteiger partial charge in [0.1, 0.15) is 10.4 Å². The van der Waals surface area contributed by atoms with Gasteiger partial charge in [0, 0.05) is 18.6 Å². The number of rotatable bonds is 6. The Balaban J connectivity index is 1.88. The SMILES string of the molecule is O=C(O)C(Cc1ccccc1)N1C(=O)/C(=C\c2cccc([N+](=O)[O-])c2)SC1=S. The van der Waals surface area contributed by atoms with Crippen LogP contribution in [0.3, 0.4) is 0 Å². The number of carboxylic acid groups (broad SMARTS) is 1. The van der Waals surface area contributed by atoms with Crippen LogP contribution < -0.4 is 0 Å². The van der Waals surface area contributed by atoms with Crippen LogP contribution in [0.1, 0.15) is 11.1 Å². The van der Waals surface area contributed by atoms with Crippen LogP contribution in [0, 0.1) is 10.1 Å². The topological polar surface area (TPSA) is 101 Å². The van der Waals surface area contributed by atoms with Gasteiger partial charge < -0.3 is 5.11 Å². The maximum Gasteiger partial charge on any atom is 0.327 e. The van der Waals surface area contributed by atoms with Gasteiger partial charge in [0.05, 0.1) is 9.83 Å². The van der Waals surface area contributed by atoms with Crippen molar-refractivity contribution < 1.29 is 19.6 Å². The largest absolute Gasteiger partial charge is 0.480 e. The van der Waals surface area contributed by atoms with Gasteiger partial charge in [-0.25, -0.2) is 4.79 Å². The minimum absolute atomic E-state index is 0.100.